The molecule has 0 spiro atoms. The zero-order chi connectivity index (χ0) is 25.5. The number of para-hydroxylation sites is 2. The molecule has 180 valence electrons. The first kappa shape index (κ1) is 25.1. The number of amides is 1. The molecule has 1 atom stereocenters. The third kappa shape index (κ3) is 6.30. The highest BCUT2D eigenvalue weighted by Gasteiger charge is 2.29. The Balaban J connectivity index is 1.74. The van der Waals surface area contributed by atoms with Crippen molar-refractivity contribution in [3.8, 4) is 0 Å². The number of anilines is 2. The molecular formula is C26H26N4O5. The molecule has 0 radical (unpaired) electrons. The summed E-state index contributed by atoms with van der Waals surface area (Å²) in [4.78, 5) is 42.5. The average Bonchev–Trinajstić information content (AvgIpc) is 2.84. The van der Waals surface area contributed by atoms with Crippen molar-refractivity contribution in [2.45, 2.75) is 25.9 Å². The van der Waals surface area contributed by atoms with E-state index < -0.39 is 23.8 Å². The second-order valence-electron chi connectivity index (χ2n) is 8.07. The van der Waals surface area contributed by atoms with Gasteiger partial charge in [0.25, 0.3) is 5.91 Å². The fourth-order valence-corrected chi connectivity index (χ4v) is 3.23. The van der Waals surface area contributed by atoms with E-state index in [4.69, 9.17) is 16.0 Å². The minimum atomic E-state index is -1.81. The Morgan fingerprint density at radius 1 is 0.886 bits per heavy atom. The van der Waals surface area contributed by atoms with Gasteiger partial charge in [-0.3, -0.25) is 25.3 Å². The predicted octanol–water partition coefficient (Wildman–Crippen LogP) is 4.03. The lowest BCUT2D eigenvalue weighted by molar-refractivity contribution is -0.145. The highest BCUT2D eigenvalue weighted by atomic mass is 16.7. The number of carbonyl (C=O) groups is 3. The van der Waals surface area contributed by atoms with E-state index in [2.05, 4.69) is 10.8 Å². The van der Waals surface area contributed by atoms with Gasteiger partial charge in [-0.15, -0.1) is 0 Å². The van der Waals surface area contributed by atoms with Crippen LogP contribution in [-0.2, 0) is 9.63 Å². The van der Waals surface area contributed by atoms with E-state index >= 15 is 0 Å². The smallest absolute Gasteiger partial charge is 0.343 e. The maximum atomic E-state index is 12.8. The average molecular weight is 475 g/mol. The third-order valence-electron chi connectivity index (χ3n) is 5.22. The summed E-state index contributed by atoms with van der Waals surface area (Å²) in [5.41, 5.74) is 10.4. The number of nitrogens with one attached hydrogen (secondary N) is 3. The summed E-state index contributed by atoms with van der Waals surface area (Å²) >= 11 is 0. The second-order valence-corrected chi connectivity index (χ2v) is 8.07. The molecule has 3 aromatic carbocycles. The van der Waals surface area contributed by atoms with E-state index in [-0.39, 0.29) is 28.6 Å². The van der Waals surface area contributed by atoms with Gasteiger partial charge in [0, 0.05) is 16.7 Å². The number of rotatable bonds is 10. The topological polar surface area (TPSA) is 155 Å². The predicted molar refractivity (Wildman–Crippen MR) is 133 cm³/mol. The Labute approximate surface area is 202 Å². The van der Waals surface area contributed by atoms with Crippen molar-refractivity contribution >= 4 is 34.9 Å². The van der Waals surface area contributed by atoms with Crippen molar-refractivity contribution in [3.05, 3.63) is 95.1 Å². The molecule has 0 saturated heterocycles. The first-order valence-corrected chi connectivity index (χ1v) is 10.8. The van der Waals surface area contributed by atoms with E-state index in [1.165, 1.54) is 6.07 Å². The molecule has 3 rings (SSSR count). The molecule has 0 aliphatic carbocycles. The van der Waals surface area contributed by atoms with E-state index in [9.17, 15) is 19.5 Å². The number of nitrogens with two attached hydrogens (primary N) is 1. The molecule has 0 heterocycles. The minimum Gasteiger partial charge on any atom is -0.479 e. The molecule has 0 aliphatic rings. The lowest BCUT2D eigenvalue weighted by Crippen LogP contribution is -2.35. The molecule has 1 amide bonds. The number of nitrogen functional groups attached to an aromatic ring is 1. The van der Waals surface area contributed by atoms with Crippen molar-refractivity contribution in [1.82, 2.24) is 0 Å². The molecular weight excluding hydrogens is 448 g/mol. The molecule has 9 heteroatoms. The van der Waals surface area contributed by atoms with Crippen LogP contribution in [0.1, 0.15) is 51.6 Å². The summed E-state index contributed by atoms with van der Waals surface area (Å²) in [5.74, 6) is -2.55. The lowest BCUT2D eigenvalue weighted by atomic mass is 9.99. The summed E-state index contributed by atoms with van der Waals surface area (Å²) in [6, 6.07) is 19.4. The Hall–Kier alpha value is -4.50. The highest BCUT2D eigenvalue weighted by Crippen LogP contribution is 2.23. The zero-order valence-electron chi connectivity index (χ0n) is 19.2. The van der Waals surface area contributed by atoms with Crippen LogP contribution in [-0.4, -0.2) is 34.7 Å². The molecule has 0 aromatic heterocycles. The Bertz CT molecular complexity index is 1250. The molecule has 35 heavy (non-hydrogen) atoms. The fourth-order valence-electron chi connectivity index (χ4n) is 3.23. The SMILES string of the molecule is CC(C)c1ccc(C(=O)C(ONc2ccccc2NC(=O)c2cccc(C(=N)N)c2)C(=O)O)cc1. The summed E-state index contributed by atoms with van der Waals surface area (Å²) in [6.07, 6.45) is -1.81. The first-order valence-electron chi connectivity index (χ1n) is 10.8. The number of carbonyl (C=O) groups excluding carboxylic acids is 2. The number of hydrogen-bond acceptors (Lipinski definition) is 6. The van der Waals surface area contributed by atoms with Gasteiger partial charge in [-0.1, -0.05) is 62.4 Å². The third-order valence-corrected chi connectivity index (χ3v) is 5.22. The van der Waals surface area contributed by atoms with Gasteiger partial charge in [0.05, 0.1) is 11.4 Å². The number of Topliss-reactive ketones (excluding diaryl/α,β-unsaturated/α-hetero) is 1. The molecule has 0 fully saturated rings. The molecule has 1 unspecified atom stereocenters. The maximum Gasteiger partial charge on any atom is 0.343 e. The van der Waals surface area contributed by atoms with Crippen LogP contribution in [0.2, 0.25) is 0 Å². The van der Waals surface area contributed by atoms with Crippen LogP contribution in [0.25, 0.3) is 0 Å². The van der Waals surface area contributed by atoms with Crippen molar-refractivity contribution < 1.29 is 24.3 Å². The fraction of sp³-hybridized carbons (Fsp3) is 0.154. The summed E-state index contributed by atoms with van der Waals surface area (Å²) in [6.45, 7) is 4.03. The standard InChI is InChI=1S/C26H26N4O5/c1-15(2)16-10-12-17(13-11-16)22(31)23(26(33)34)35-30-21-9-4-3-8-20(21)29-25(32)19-7-5-6-18(14-19)24(27)28/h3-15,23,30H,1-2H3,(H3,27,28)(H,29,32)(H,33,34). The van der Waals surface area contributed by atoms with Crippen LogP contribution in [0, 0.1) is 5.41 Å². The quantitative estimate of drug-likeness (QED) is 0.0977. The van der Waals surface area contributed by atoms with Gasteiger partial charge in [-0.2, -0.15) is 0 Å². The summed E-state index contributed by atoms with van der Waals surface area (Å²) < 4.78 is 0. The molecule has 6 N–H and O–H groups in total. The van der Waals surface area contributed by atoms with Crippen molar-refractivity contribution in [1.29, 1.82) is 5.41 Å². The second kappa shape index (κ2) is 11.1. The first-order chi connectivity index (χ1) is 16.7. The van der Waals surface area contributed by atoms with Gasteiger partial charge >= 0.3 is 5.97 Å². The molecule has 0 aliphatic heterocycles. The van der Waals surface area contributed by atoms with Crippen molar-refractivity contribution in [3.63, 3.8) is 0 Å². The number of ketones is 1. The number of aliphatic carboxylic acids is 1. The lowest BCUT2D eigenvalue weighted by Gasteiger charge is -2.17. The number of amidine groups is 1. The monoisotopic (exact) mass is 474 g/mol. The highest BCUT2D eigenvalue weighted by molar-refractivity contribution is 6.11. The number of benzene rings is 3. The van der Waals surface area contributed by atoms with Crippen LogP contribution >= 0.6 is 0 Å². The zero-order valence-corrected chi connectivity index (χ0v) is 19.2. The van der Waals surface area contributed by atoms with Gasteiger partial charge in [0.1, 0.15) is 5.84 Å². The van der Waals surface area contributed by atoms with Crippen molar-refractivity contribution in [2.75, 3.05) is 10.8 Å². The Kier molecular flexibility index (Phi) is 7.96. The van der Waals surface area contributed by atoms with Crippen LogP contribution in [0.15, 0.2) is 72.8 Å². The van der Waals surface area contributed by atoms with E-state index in [1.54, 1.807) is 66.7 Å². The number of hydrogen-bond donors (Lipinski definition) is 5. The molecule has 3 aromatic rings. The summed E-state index contributed by atoms with van der Waals surface area (Å²) in [7, 11) is 0. The largest absolute Gasteiger partial charge is 0.479 e. The normalized spacial score (nSPS) is 11.5. The van der Waals surface area contributed by atoms with E-state index in [0.29, 0.717) is 11.3 Å². The van der Waals surface area contributed by atoms with Gasteiger partial charge in [0.15, 0.2) is 0 Å². The van der Waals surface area contributed by atoms with Crippen LogP contribution < -0.4 is 16.5 Å². The van der Waals surface area contributed by atoms with E-state index in [1.807, 2.05) is 13.8 Å². The minimum absolute atomic E-state index is 0.168. The number of carboxylic acids is 1. The van der Waals surface area contributed by atoms with Crippen LogP contribution in [0.4, 0.5) is 11.4 Å². The van der Waals surface area contributed by atoms with Crippen LogP contribution in [0.3, 0.4) is 0 Å². The van der Waals surface area contributed by atoms with Gasteiger partial charge in [-0.05, 0) is 35.7 Å². The van der Waals surface area contributed by atoms with E-state index in [0.717, 1.165) is 5.56 Å². The number of carboxylic acid groups (broad SMARTS) is 1. The maximum absolute atomic E-state index is 12.8. The summed E-state index contributed by atoms with van der Waals surface area (Å²) in [5, 5.41) is 19.8. The molecule has 9 nitrogen and oxygen atoms in total. The van der Waals surface area contributed by atoms with Gasteiger partial charge < -0.3 is 16.2 Å². The Morgan fingerprint density at radius 2 is 1.51 bits per heavy atom. The van der Waals surface area contributed by atoms with Crippen LogP contribution in [0.5, 0.6) is 0 Å². The van der Waals surface area contributed by atoms with Crippen molar-refractivity contribution in [2.24, 2.45) is 5.73 Å². The Morgan fingerprint density at radius 3 is 2.11 bits per heavy atom. The van der Waals surface area contributed by atoms with Gasteiger partial charge in [-0.25, -0.2) is 4.79 Å². The molecule has 0 saturated carbocycles. The van der Waals surface area contributed by atoms with Gasteiger partial charge in [0.2, 0.25) is 11.9 Å². The molecule has 0 bridgehead atoms.